The summed E-state index contributed by atoms with van der Waals surface area (Å²) in [5.74, 6) is 0.140. The Labute approximate surface area is 161 Å². The van der Waals surface area contributed by atoms with Gasteiger partial charge in [0.2, 0.25) is 0 Å². The standard InChI is InChI=1S/C24H40O2/c1-3-5-17-20-23(4-2)21-18-15-13-11-9-7-6-8-10-12-14-16-19-22-24(25)26/h5,7-10,13,15,17,23H,3-4,6,11-12,14,16,18-22H2,1-2H3,(H,25,26). The van der Waals surface area contributed by atoms with Crippen LogP contribution >= 0.6 is 0 Å². The van der Waals surface area contributed by atoms with Crippen LogP contribution in [0.1, 0.15) is 90.9 Å². The highest BCUT2D eigenvalue weighted by atomic mass is 16.4. The number of aliphatic carboxylic acids is 1. The first-order chi connectivity index (χ1) is 12.7. The molecule has 0 bridgehead atoms. The highest BCUT2D eigenvalue weighted by Gasteiger charge is 2.01. The highest BCUT2D eigenvalue weighted by Crippen LogP contribution is 2.16. The van der Waals surface area contributed by atoms with Gasteiger partial charge in [0, 0.05) is 6.42 Å². The van der Waals surface area contributed by atoms with Crippen molar-refractivity contribution in [3.8, 4) is 0 Å². The van der Waals surface area contributed by atoms with Gasteiger partial charge in [0.1, 0.15) is 0 Å². The first-order valence-electron chi connectivity index (χ1n) is 10.5. The van der Waals surface area contributed by atoms with E-state index < -0.39 is 5.97 Å². The molecule has 0 rings (SSSR count). The third-order valence-corrected chi connectivity index (χ3v) is 4.50. The smallest absolute Gasteiger partial charge is 0.303 e. The zero-order valence-corrected chi connectivity index (χ0v) is 17.0. The van der Waals surface area contributed by atoms with E-state index in [0.29, 0.717) is 6.42 Å². The number of carboxylic acids is 1. The number of hydrogen-bond donors (Lipinski definition) is 1. The van der Waals surface area contributed by atoms with Crippen molar-refractivity contribution in [1.29, 1.82) is 0 Å². The maximum atomic E-state index is 10.4. The molecule has 0 heterocycles. The molecule has 0 saturated carbocycles. The number of hydrogen-bond acceptors (Lipinski definition) is 1. The second-order valence-corrected chi connectivity index (χ2v) is 6.85. The van der Waals surface area contributed by atoms with Gasteiger partial charge in [0.15, 0.2) is 0 Å². The number of carbonyl (C=O) groups is 1. The third kappa shape index (κ3) is 18.8. The zero-order valence-electron chi connectivity index (χ0n) is 17.0. The van der Waals surface area contributed by atoms with Crippen molar-refractivity contribution < 1.29 is 9.90 Å². The van der Waals surface area contributed by atoms with Crippen molar-refractivity contribution in [1.82, 2.24) is 0 Å². The average molecular weight is 361 g/mol. The monoisotopic (exact) mass is 360 g/mol. The first-order valence-corrected chi connectivity index (χ1v) is 10.5. The van der Waals surface area contributed by atoms with Gasteiger partial charge in [-0.2, -0.15) is 0 Å². The minimum Gasteiger partial charge on any atom is -0.481 e. The van der Waals surface area contributed by atoms with E-state index in [2.05, 4.69) is 62.5 Å². The number of allylic oxidation sites excluding steroid dienone is 8. The number of unbranched alkanes of at least 4 members (excludes halogenated alkanes) is 3. The molecule has 0 fully saturated rings. The fourth-order valence-electron chi connectivity index (χ4n) is 2.77. The molecule has 0 aromatic carbocycles. The molecule has 2 nitrogen and oxygen atoms in total. The van der Waals surface area contributed by atoms with Gasteiger partial charge in [-0.15, -0.1) is 0 Å². The van der Waals surface area contributed by atoms with Crippen LogP contribution in [0.15, 0.2) is 48.6 Å². The van der Waals surface area contributed by atoms with Crippen molar-refractivity contribution in [2.75, 3.05) is 0 Å². The zero-order chi connectivity index (χ0) is 19.3. The molecule has 26 heavy (non-hydrogen) atoms. The summed E-state index contributed by atoms with van der Waals surface area (Å²) in [5.41, 5.74) is 0. The summed E-state index contributed by atoms with van der Waals surface area (Å²) in [4.78, 5) is 10.4. The molecule has 0 saturated heterocycles. The lowest BCUT2D eigenvalue weighted by Gasteiger charge is -2.10. The molecule has 0 aliphatic rings. The summed E-state index contributed by atoms with van der Waals surface area (Å²) < 4.78 is 0. The molecule has 1 unspecified atom stereocenters. The van der Waals surface area contributed by atoms with Crippen molar-refractivity contribution in [3.05, 3.63) is 48.6 Å². The molecular weight excluding hydrogens is 320 g/mol. The van der Waals surface area contributed by atoms with Crippen molar-refractivity contribution in [2.24, 2.45) is 5.92 Å². The molecule has 0 aliphatic carbocycles. The number of carboxylic acid groups (broad SMARTS) is 1. The minimum atomic E-state index is -0.686. The van der Waals surface area contributed by atoms with Crippen LogP contribution in [0.25, 0.3) is 0 Å². The van der Waals surface area contributed by atoms with Crippen LogP contribution in [0.2, 0.25) is 0 Å². The topological polar surface area (TPSA) is 37.3 Å². The van der Waals surface area contributed by atoms with Gasteiger partial charge >= 0.3 is 5.97 Å². The van der Waals surface area contributed by atoms with Gasteiger partial charge in [0.25, 0.3) is 0 Å². The Bertz CT molecular complexity index is 429. The quantitative estimate of drug-likeness (QED) is 0.214. The molecule has 1 atom stereocenters. The van der Waals surface area contributed by atoms with Crippen LogP contribution in [-0.2, 0) is 4.79 Å². The van der Waals surface area contributed by atoms with Gasteiger partial charge in [0.05, 0.1) is 0 Å². The average Bonchev–Trinajstić information content (AvgIpc) is 2.63. The summed E-state index contributed by atoms with van der Waals surface area (Å²) in [7, 11) is 0. The summed E-state index contributed by atoms with van der Waals surface area (Å²) in [6, 6.07) is 0. The lowest BCUT2D eigenvalue weighted by Crippen LogP contribution is -1.96. The van der Waals surface area contributed by atoms with Crippen LogP contribution in [0.4, 0.5) is 0 Å². The maximum absolute atomic E-state index is 10.4. The molecule has 2 heteroatoms. The third-order valence-electron chi connectivity index (χ3n) is 4.50. The van der Waals surface area contributed by atoms with Gasteiger partial charge in [-0.1, -0.05) is 75.3 Å². The Hall–Kier alpha value is -1.57. The van der Waals surface area contributed by atoms with Crippen LogP contribution in [0.3, 0.4) is 0 Å². The maximum Gasteiger partial charge on any atom is 0.303 e. The van der Waals surface area contributed by atoms with Crippen LogP contribution < -0.4 is 0 Å². The van der Waals surface area contributed by atoms with E-state index in [1.54, 1.807) is 0 Å². The Kier molecular flexibility index (Phi) is 18.6. The van der Waals surface area contributed by atoms with Gasteiger partial charge in [-0.3, -0.25) is 4.79 Å². The van der Waals surface area contributed by atoms with E-state index in [9.17, 15) is 4.79 Å². The van der Waals surface area contributed by atoms with E-state index in [1.807, 2.05) is 0 Å². The predicted octanol–water partition coefficient (Wildman–Crippen LogP) is 7.63. The van der Waals surface area contributed by atoms with Gasteiger partial charge < -0.3 is 5.11 Å². The predicted molar refractivity (Wildman–Crippen MR) is 114 cm³/mol. The Morgan fingerprint density at radius 3 is 2.08 bits per heavy atom. The molecule has 0 radical (unpaired) electrons. The fourth-order valence-corrected chi connectivity index (χ4v) is 2.77. The lowest BCUT2D eigenvalue weighted by atomic mass is 9.96. The molecule has 0 spiro atoms. The van der Waals surface area contributed by atoms with E-state index in [-0.39, 0.29) is 0 Å². The number of rotatable bonds is 17. The Morgan fingerprint density at radius 2 is 1.46 bits per heavy atom. The van der Waals surface area contributed by atoms with E-state index in [1.165, 1.54) is 25.7 Å². The molecule has 0 aliphatic heterocycles. The van der Waals surface area contributed by atoms with E-state index in [0.717, 1.165) is 50.9 Å². The van der Waals surface area contributed by atoms with Crippen LogP contribution in [-0.4, -0.2) is 11.1 Å². The molecule has 148 valence electrons. The molecule has 0 aromatic heterocycles. The summed E-state index contributed by atoms with van der Waals surface area (Å²) in [6.07, 6.45) is 30.4. The van der Waals surface area contributed by atoms with Gasteiger partial charge in [-0.05, 0) is 63.7 Å². The normalized spacial score (nSPS) is 13.6. The first kappa shape index (κ1) is 24.4. The molecule has 0 aromatic rings. The van der Waals surface area contributed by atoms with Crippen LogP contribution in [0, 0.1) is 5.92 Å². The Balaban J connectivity index is 3.56. The van der Waals surface area contributed by atoms with Crippen LogP contribution in [0.5, 0.6) is 0 Å². The van der Waals surface area contributed by atoms with Crippen molar-refractivity contribution >= 4 is 5.97 Å². The second-order valence-electron chi connectivity index (χ2n) is 6.85. The lowest BCUT2D eigenvalue weighted by molar-refractivity contribution is -0.137. The summed E-state index contributed by atoms with van der Waals surface area (Å²) >= 11 is 0. The van der Waals surface area contributed by atoms with Crippen molar-refractivity contribution in [2.45, 2.75) is 90.9 Å². The van der Waals surface area contributed by atoms with E-state index in [4.69, 9.17) is 5.11 Å². The fraction of sp³-hybridized carbons (Fsp3) is 0.625. The second kappa shape index (κ2) is 19.8. The van der Waals surface area contributed by atoms with E-state index >= 15 is 0 Å². The van der Waals surface area contributed by atoms with Gasteiger partial charge in [-0.25, -0.2) is 0 Å². The summed E-state index contributed by atoms with van der Waals surface area (Å²) in [6.45, 7) is 4.48. The molecular formula is C24H40O2. The van der Waals surface area contributed by atoms with Crippen molar-refractivity contribution in [3.63, 3.8) is 0 Å². The largest absolute Gasteiger partial charge is 0.481 e. The molecule has 1 N–H and O–H groups in total. The highest BCUT2D eigenvalue weighted by molar-refractivity contribution is 5.66. The Morgan fingerprint density at radius 1 is 0.808 bits per heavy atom. The molecule has 0 amide bonds. The summed E-state index contributed by atoms with van der Waals surface area (Å²) in [5, 5.41) is 8.55. The minimum absolute atomic E-state index is 0.301. The SMILES string of the molecule is CCC=CCC(CC)CCC=CCC=CCC=CCCCCCC(=O)O.